The highest BCUT2D eigenvalue weighted by Crippen LogP contribution is 2.24. The summed E-state index contributed by atoms with van der Waals surface area (Å²) in [5, 5.41) is 3.01. The quantitative estimate of drug-likeness (QED) is 0.416. The van der Waals surface area contributed by atoms with Crippen molar-refractivity contribution in [1.29, 1.82) is 0 Å². The standard InChI is InChI=1S/C20H19F5N2O/c21-15-4-5-17-14(11-27-18(17)9-15)6-7-26-10-13-2-1-3-16(8-13)28-12-20(24,25)19(22)23/h1-5,8-9,11,19,26-27H,6-7,10,12H2/p+1. The van der Waals surface area contributed by atoms with Crippen LogP contribution in [0.1, 0.15) is 11.1 Å². The molecule has 0 saturated carbocycles. The molecule has 0 aliphatic heterocycles. The third-order valence-electron chi connectivity index (χ3n) is 4.38. The fourth-order valence-corrected chi connectivity index (χ4v) is 2.90. The summed E-state index contributed by atoms with van der Waals surface area (Å²) in [7, 11) is 0. The molecule has 1 aromatic heterocycles. The lowest BCUT2D eigenvalue weighted by Gasteiger charge is -2.16. The van der Waals surface area contributed by atoms with Gasteiger partial charge in [0.2, 0.25) is 0 Å². The summed E-state index contributed by atoms with van der Waals surface area (Å²) in [5.74, 6) is -4.34. The van der Waals surface area contributed by atoms with Gasteiger partial charge in [0.15, 0.2) is 6.61 Å². The number of rotatable bonds is 9. The second kappa shape index (κ2) is 8.60. The van der Waals surface area contributed by atoms with Crippen molar-refractivity contribution in [3.8, 4) is 5.75 Å². The molecule has 0 amide bonds. The average molecular weight is 399 g/mol. The van der Waals surface area contributed by atoms with Gasteiger partial charge in [0.05, 0.1) is 6.54 Å². The minimum absolute atomic E-state index is 0.130. The molecule has 2 aromatic carbocycles. The first kappa shape index (κ1) is 20.1. The van der Waals surface area contributed by atoms with Crippen LogP contribution in [0.5, 0.6) is 5.75 Å². The molecule has 0 aliphatic rings. The molecule has 1 heterocycles. The van der Waals surface area contributed by atoms with E-state index in [0.717, 1.165) is 35.0 Å². The van der Waals surface area contributed by atoms with E-state index in [1.165, 1.54) is 18.2 Å². The number of aromatic nitrogens is 1. The van der Waals surface area contributed by atoms with Crippen molar-refractivity contribution >= 4 is 10.9 Å². The molecule has 0 unspecified atom stereocenters. The van der Waals surface area contributed by atoms with E-state index in [2.05, 4.69) is 4.98 Å². The molecule has 28 heavy (non-hydrogen) atoms. The second-order valence-electron chi connectivity index (χ2n) is 6.53. The molecule has 0 spiro atoms. The maximum absolute atomic E-state index is 13.2. The minimum atomic E-state index is -4.18. The van der Waals surface area contributed by atoms with Crippen molar-refractivity contribution < 1.29 is 32.0 Å². The number of ether oxygens (including phenoxy) is 1. The largest absolute Gasteiger partial charge is 0.487 e. The predicted octanol–water partition coefficient (Wildman–Crippen LogP) is 3.89. The summed E-state index contributed by atoms with van der Waals surface area (Å²) < 4.78 is 68.3. The lowest BCUT2D eigenvalue weighted by molar-refractivity contribution is -0.670. The zero-order chi connectivity index (χ0) is 20.1. The number of hydrogen-bond donors (Lipinski definition) is 2. The van der Waals surface area contributed by atoms with E-state index < -0.39 is 19.0 Å². The van der Waals surface area contributed by atoms with Crippen molar-refractivity contribution in [2.24, 2.45) is 0 Å². The third kappa shape index (κ3) is 5.01. The molecule has 0 atom stereocenters. The van der Waals surface area contributed by atoms with Gasteiger partial charge in [0, 0.05) is 29.1 Å². The molecule has 8 heteroatoms. The number of nitrogens with one attached hydrogen (secondary N) is 1. The number of alkyl halides is 4. The normalized spacial score (nSPS) is 12.1. The van der Waals surface area contributed by atoms with Crippen LogP contribution in [-0.2, 0) is 13.0 Å². The van der Waals surface area contributed by atoms with Crippen LogP contribution in [0, 0.1) is 5.82 Å². The molecule has 0 bridgehead atoms. The van der Waals surface area contributed by atoms with Gasteiger partial charge in [-0.15, -0.1) is 0 Å². The van der Waals surface area contributed by atoms with E-state index in [9.17, 15) is 22.0 Å². The summed E-state index contributed by atoms with van der Waals surface area (Å²) >= 11 is 0. The molecule has 0 fully saturated rings. The maximum atomic E-state index is 13.2. The third-order valence-corrected chi connectivity index (χ3v) is 4.38. The Morgan fingerprint density at radius 3 is 2.71 bits per heavy atom. The minimum Gasteiger partial charge on any atom is -0.487 e. The van der Waals surface area contributed by atoms with Gasteiger partial charge in [-0.2, -0.15) is 8.78 Å². The van der Waals surface area contributed by atoms with Crippen LogP contribution in [0.3, 0.4) is 0 Å². The van der Waals surface area contributed by atoms with E-state index in [0.29, 0.717) is 6.54 Å². The fourth-order valence-electron chi connectivity index (χ4n) is 2.90. The first-order valence-electron chi connectivity index (χ1n) is 8.80. The fraction of sp³-hybridized carbons (Fsp3) is 0.300. The van der Waals surface area contributed by atoms with Crippen molar-refractivity contribution in [2.45, 2.75) is 25.3 Å². The highest BCUT2D eigenvalue weighted by Gasteiger charge is 2.41. The number of benzene rings is 2. The highest BCUT2D eigenvalue weighted by molar-refractivity contribution is 5.83. The number of fused-ring (bicyclic) bond motifs is 1. The number of aromatic amines is 1. The van der Waals surface area contributed by atoms with E-state index >= 15 is 0 Å². The smallest absolute Gasteiger partial charge is 0.340 e. The zero-order valence-corrected chi connectivity index (χ0v) is 14.9. The van der Waals surface area contributed by atoms with Gasteiger partial charge in [-0.05, 0) is 35.9 Å². The van der Waals surface area contributed by atoms with E-state index in [-0.39, 0.29) is 11.6 Å². The van der Waals surface area contributed by atoms with Gasteiger partial charge >= 0.3 is 12.3 Å². The molecule has 0 aliphatic carbocycles. The lowest BCUT2D eigenvalue weighted by atomic mass is 10.1. The number of H-pyrrole nitrogens is 1. The van der Waals surface area contributed by atoms with Crippen LogP contribution in [0.2, 0.25) is 0 Å². The SMILES string of the molecule is Fc1ccc2c(CC[NH2+]Cc3cccc(OCC(F)(F)C(F)F)c3)c[nH]c2c1. The summed E-state index contributed by atoms with van der Waals surface area (Å²) in [6.07, 6.45) is -1.14. The van der Waals surface area contributed by atoms with Crippen molar-refractivity contribution in [2.75, 3.05) is 13.2 Å². The topological polar surface area (TPSA) is 41.6 Å². The molecule has 3 nitrogen and oxygen atoms in total. The monoisotopic (exact) mass is 399 g/mol. The summed E-state index contributed by atoms with van der Waals surface area (Å²) in [4.78, 5) is 3.04. The van der Waals surface area contributed by atoms with Gasteiger partial charge in [-0.3, -0.25) is 0 Å². The zero-order valence-electron chi connectivity index (χ0n) is 14.9. The Balaban J connectivity index is 1.49. The Labute approximate surface area is 158 Å². The lowest BCUT2D eigenvalue weighted by Crippen LogP contribution is -2.83. The summed E-state index contributed by atoms with van der Waals surface area (Å²) in [6.45, 7) is -0.0166. The van der Waals surface area contributed by atoms with Crippen LogP contribution in [-0.4, -0.2) is 30.5 Å². The van der Waals surface area contributed by atoms with Gasteiger partial charge in [-0.25, -0.2) is 13.2 Å². The van der Waals surface area contributed by atoms with Crippen LogP contribution in [0.25, 0.3) is 10.9 Å². The van der Waals surface area contributed by atoms with Crippen molar-refractivity contribution in [3.63, 3.8) is 0 Å². The van der Waals surface area contributed by atoms with Gasteiger partial charge in [0.1, 0.15) is 18.1 Å². The molecular formula is C20H20F5N2O+. The molecule has 3 aromatic rings. The van der Waals surface area contributed by atoms with Gasteiger partial charge in [0.25, 0.3) is 0 Å². The molecule has 150 valence electrons. The van der Waals surface area contributed by atoms with Crippen LogP contribution < -0.4 is 10.1 Å². The van der Waals surface area contributed by atoms with Crippen molar-refractivity contribution in [3.05, 3.63) is 65.6 Å². The van der Waals surface area contributed by atoms with Crippen LogP contribution in [0.4, 0.5) is 22.0 Å². The number of halogens is 5. The Morgan fingerprint density at radius 1 is 1.11 bits per heavy atom. The molecule has 3 N–H and O–H groups in total. The highest BCUT2D eigenvalue weighted by atomic mass is 19.3. The summed E-state index contributed by atoms with van der Waals surface area (Å²) in [6, 6.07) is 11.1. The predicted molar refractivity (Wildman–Crippen MR) is 95.3 cm³/mol. The van der Waals surface area contributed by atoms with Gasteiger partial charge in [-0.1, -0.05) is 12.1 Å². The first-order valence-corrected chi connectivity index (χ1v) is 8.80. The number of hydrogen-bond acceptors (Lipinski definition) is 1. The Morgan fingerprint density at radius 2 is 1.93 bits per heavy atom. The molecule has 3 rings (SSSR count). The molecule has 0 radical (unpaired) electrons. The first-order chi connectivity index (χ1) is 13.3. The molecule has 0 saturated heterocycles. The van der Waals surface area contributed by atoms with E-state index in [4.69, 9.17) is 4.74 Å². The van der Waals surface area contributed by atoms with E-state index in [1.54, 1.807) is 18.2 Å². The molecular weight excluding hydrogens is 379 g/mol. The van der Waals surface area contributed by atoms with Crippen LogP contribution >= 0.6 is 0 Å². The number of nitrogens with two attached hydrogens (primary N) is 1. The average Bonchev–Trinajstić information content (AvgIpc) is 3.06. The Bertz CT molecular complexity index is 926. The summed E-state index contributed by atoms with van der Waals surface area (Å²) in [5.41, 5.74) is 2.66. The second-order valence-corrected chi connectivity index (χ2v) is 6.53. The van der Waals surface area contributed by atoms with Gasteiger partial charge < -0.3 is 15.0 Å². The van der Waals surface area contributed by atoms with E-state index in [1.807, 2.05) is 17.6 Å². The van der Waals surface area contributed by atoms with Crippen molar-refractivity contribution in [1.82, 2.24) is 4.98 Å². The Kier molecular flexibility index (Phi) is 6.18. The Hall–Kier alpha value is -2.61. The maximum Gasteiger partial charge on any atom is 0.340 e. The van der Waals surface area contributed by atoms with Crippen LogP contribution in [0.15, 0.2) is 48.7 Å². The number of quaternary nitrogens is 1.